The molecule has 0 amide bonds. The van der Waals surface area contributed by atoms with Gasteiger partial charge in [0.25, 0.3) is 0 Å². The first kappa shape index (κ1) is 47.9. The molecule has 1 unspecified atom stereocenters. The number of fused-ring (bicyclic) bond motifs is 4. The number of methoxy groups -OCH3 is 1. The quantitative estimate of drug-likeness (QED) is 0.0515. The van der Waals surface area contributed by atoms with Crippen LogP contribution in [0.4, 0.5) is 0 Å². The van der Waals surface area contributed by atoms with Crippen LogP contribution in [0, 0.1) is 46.3 Å². The van der Waals surface area contributed by atoms with E-state index in [1.54, 1.807) is 24.3 Å². The Hall–Kier alpha value is -4.76. The summed E-state index contributed by atoms with van der Waals surface area (Å²) in [6.07, 6.45) is 32.4. The number of Topliss-reactive ketones (excluding diaryl/α,β-unsaturated/α-hetero) is 1. The molecule has 3 heterocycles. The number of carbonyl (C=O) groups is 2. The smallest absolute Gasteiger partial charge is 0.163 e. The lowest BCUT2D eigenvalue weighted by molar-refractivity contribution is -0.126. The number of phenolic OH excluding ortho intramolecular Hbond substituents is 1. The first-order chi connectivity index (χ1) is 33.7. The Kier molecular flexibility index (Phi) is 14.8. The summed E-state index contributed by atoms with van der Waals surface area (Å²) in [6.45, 7) is 3.29. The number of aromatic hydroxyl groups is 1. The maximum Gasteiger partial charge on any atom is 0.163 e. The largest absolute Gasteiger partial charge is 0.504 e. The van der Waals surface area contributed by atoms with Crippen molar-refractivity contribution in [3.8, 4) is 11.5 Å². The van der Waals surface area contributed by atoms with Crippen LogP contribution in [-0.4, -0.2) is 55.6 Å². The molecular weight excluding hydrogens is 853 g/mol. The molecule has 1 saturated heterocycles. The Balaban J connectivity index is 0.794. The van der Waals surface area contributed by atoms with Crippen molar-refractivity contribution in [3.63, 3.8) is 0 Å². The van der Waals surface area contributed by atoms with Crippen LogP contribution in [0.5, 0.6) is 11.5 Å². The zero-order chi connectivity index (χ0) is 47.4. The minimum Gasteiger partial charge on any atom is -0.504 e. The molecule has 7 aliphatic rings. The van der Waals surface area contributed by atoms with Crippen LogP contribution in [-0.2, 0) is 35.3 Å². The Morgan fingerprint density at radius 2 is 1.70 bits per heavy atom. The summed E-state index contributed by atoms with van der Waals surface area (Å²) in [5, 5.41) is 22.1. The van der Waals surface area contributed by atoms with E-state index in [2.05, 4.69) is 88.8 Å². The van der Waals surface area contributed by atoms with Crippen molar-refractivity contribution >= 4 is 17.6 Å². The SMILES string of the molecule is COc1cc(/C=C/C(=O)CC(=O)C[C@@H]2CC[C@@H]3C4(CCCC4)CC[C@]3(C[C@H]3[C@@H]4CCNC[C@@H]4C[C@@H]4C=CCN[C@@H]34)C2)c(CC2=CNC(N)C=C2CCc2cccc(CCc3ccccc3)c2)cc1O. The van der Waals surface area contributed by atoms with Crippen LogP contribution in [0.3, 0.4) is 0 Å². The van der Waals surface area contributed by atoms with Crippen LogP contribution < -0.4 is 26.4 Å². The molecule has 1 spiro atoms. The van der Waals surface area contributed by atoms with Gasteiger partial charge in [-0.05, 0) is 219 Å². The van der Waals surface area contributed by atoms with Crippen LogP contribution in [0.2, 0.25) is 0 Å². The number of piperidine rings is 1. The van der Waals surface area contributed by atoms with Crippen molar-refractivity contribution in [1.29, 1.82) is 0 Å². The Morgan fingerprint density at radius 1 is 0.899 bits per heavy atom. The highest BCUT2D eigenvalue weighted by Crippen LogP contribution is 2.69. The lowest BCUT2D eigenvalue weighted by Gasteiger charge is -2.55. The van der Waals surface area contributed by atoms with E-state index >= 15 is 0 Å². The van der Waals surface area contributed by atoms with E-state index in [9.17, 15) is 14.7 Å². The molecule has 9 atom stereocenters. The minimum absolute atomic E-state index is 0.0457. The van der Waals surface area contributed by atoms with E-state index in [-0.39, 0.29) is 29.9 Å². The number of hydrogen-bond acceptors (Lipinski definition) is 8. The second kappa shape index (κ2) is 21.3. The minimum atomic E-state index is -0.291. The van der Waals surface area contributed by atoms with E-state index in [1.807, 2.05) is 6.20 Å². The predicted molar refractivity (Wildman–Crippen MR) is 278 cm³/mol. The van der Waals surface area contributed by atoms with Gasteiger partial charge in [0.05, 0.1) is 19.7 Å². The lowest BCUT2D eigenvalue weighted by atomic mass is 9.52. The van der Waals surface area contributed by atoms with Crippen molar-refractivity contribution in [2.75, 3.05) is 26.7 Å². The molecule has 0 bridgehead atoms. The average molecular weight is 931 g/mol. The molecule has 10 rings (SSSR count). The van der Waals surface area contributed by atoms with Crippen LogP contribution >= 0.6 is 0 Å². The van der Waals surface area contributed by atoms with E-state index in [1.165, 1.54) is 88.0 Å². The van der Waals surface area contributed by atoms with Gasteiger partial charge in [-0.3, -0.25) is 9.59 Å². The summed E-state index contributed by atoms with van der Waals surface area (Å²) in [4.78, 5) is 27.7. The molecule has 5 fully saturated rings. The first-order valence-corrected chi connectivity index (χ1v) is 26.9. The maximum atomic E-state index is 14.0. The van der Waals surface area contributed by atoms with Gasteiger partial charge in [0, 0.05) is 25.2 Å². The first-order valence-electron chi connectivity index (χ1n) is 26.9. The van der Waals surface area contributed by atoms with Crippen molar-refractivity contribution in [1.82, 2.24) is 16.0 Å². The molecule has 3 aromatic carbocycles. The van der Waals surface area contributed by atoms with Crippen LogP contribution in [0.1, 0.15) is 124 Å². The summed E-state index contributed by atoms with van der Waals surface area (Å²) >= 11 is 0. The summed E-state index contributed by atoms with van der Waals surface area (Å²) < 4.78 is 5.54. The number of nitrogens with two attached hydrogens (primary N) is 1. The standard InChI is InChI=1S/C61H78N4O4/c1-69-56-34-45(48(33-55(56)68)32-49-40-65-58(62)35-46(49)18-16-43-12-7-11-42(29-43)15-14-41-9-3-2-4-10-41)19-20-51(66)36-52(67)30-44-17-21-57-60(23-5-6-24-60)25-26-61(57,37-44)38-54-53-22-28-63-39-50(53)31-47-13-8-27-64-59(47)54/h2-4,7-13,19-20,29,33-35,40,44,47,50,53-54,57-59,63-65,68H,5-6,14-18,21-28,30-32,36-39,62H2,1H3/b20-19+/t44-,47-,50-,53+,54-,57+,58?,59+,61+/m0/s1. The average Bonchev–Trinajstić information content (AvgIpc) is 3.97. The predicted octanol–water partition coefficient (Wildman–Crippen LogP) is 10.5. The third-order valence-corrected chi connectivity index (χ3v) is 18.6. The molecule has 69 heavy (non-hydrogen) atoms. The van der Waals surface area contributed by atoms with Gasteiger partial charge in [-0.15, -0.1) is 0 Å². The number of allylic oxidation sites excluding steroid dienone is 3. The van der Waals surface area contributed by atoms with Crippen molar-refractivity contribution < 1.29 is 19.4 Å². The van der Waals surface area contributed by atoms with Crippen molar-refractivity contribution in [2.24, 2.45) is 52.1 Å². The molecule has 8 nitrogen and oxygen atoms in total. The number of nitrogens with one attached hydrogen (secondary N) is 3. The highest BCUT2D eigenvalue weighted by atomic mass is 16.5. The van der Waals surface area contributed by atoms with E-state index in [0.717, 1.165) is 98.2 Å². The molecular formula is C61H78N4O4. The van der Waals surface area contributed by atoms with E-state index in [4.69, 9.17) is 10.5 Å². The summed E-state index contributed by atoms with van der Waals surface area (Å²) in [5.74, 6) is 4.25. The zero-order valence-electron chi connectivity index (χ0n) is 41.2. The Morgan fingerprint density at radius 3 is 2.52 bits per heavy atom. The number of carbonyl (C=O) groups excluding carboxylic acids is 2. The van der Waals surface area contributed by atoms with E-state index < -0.39 is 0 Å². The molecule has 4 aliphatic carbocycles. The number of ether oxygens (including phenoxy) is 1. The van der Waals surface area contributed by atoms with Gasteiger partial charge in [0.1, 0.15) is 5.78 Å². The monoisotopic (exact) mass is 931 g/mol. The number of ketones is 2. The van der Waals surface area contributed by atoms with Crippen molar-refractivity contribution in [2.45, 2.75) is 134 Å². The number of benzene rings is 3. The highest BCUT2D eigenvalue weighted by molar-refractivity contribution is 6.06. The summed E-state index contributed by atoms with van der Waals surface area (Å²) in [6, 6.07) is 23.6. The molecule has 8 heteroatoms. The molecule has 6 N–H and O–H groups in total. The number of aryl methyl sites for hydroxylation is 3. The third-order valence-electron chi connectivity index (χ3n) is 18.6. The van der Waals surface area contributed by atoms with Crippen molar-refractivity contribution in [3.05, 3.63) is 136 Å². The maximum absolute atomic E-state index is 14.0. The number of hydrogen-bond donors (Lipinski definition) is 5. The highest BCUT2D eigenvalue weighted by Gasteiger charge is 2.60. The molecule has 3 aliphatic heterocycles. The van der Waals surface area contributed by atoms with Gasteiger partial charge in [-0.1, -0.05) is 85.7 Å². The second-order valence-electron chi connectivity index (χ2n) is 22.7. The van der Waals surface area contributed by atoms with Gasteiger partial charge in [-0.2, -0.15) is 0 Å². The fourth-order valence-corrected chi connectivity index (χ4v) is 15.5. The molecule has 3 aromatic rings. The van der Waals surface area contributed by atoms with Crippen LogP contribution in [0.15, 0.2) is 108 Å². The number of dihydropyridines is 1. The normalized spacial score (nSPS) is 30.2. The van der Waals surface area contributed by atoms with E-state index in [0.29, 0.717) is 53.2 Å². The van der Waals surface area contributed by atoms with Crippen LogP contribution in [0.25, 0.3) is 6.08 Å². The zero-order valence-corrected chi connectivity index (χ0v) is 41.2. The topological polar surface area (TPSA) is 126 Å². The number of phenols is 1. The lowest BCUT2D eigenvalue weighted by Crippen LogP contribution is -2.57. The fraction of sp³-hybridized carbons (Fsp3) is 0.541. The molecule has 4 saturated carbocycles. The van der Waals surface area contributed by atoms with Gasteiger partial charge >= 0.3 is 0 Å². The summed E-state index contributed by atoms with van der Waals surface area (Å²) in [7, 11) is 1.54. The summed E-state index contributed by atoms with van der Waals surface area (Å²) in [5.41, 5.74) is 15.1. The van der Waals surface area contributed by atoms with Gasteiger partial charge < -0.3 is 31.5 Å². The molecule has 0 radical (unpaired) electrons. The molecule has 366 valence electrons. The Bertz CT molecular complexity index is 2430. The molecule has 0 aromatic heterocycles. The van der Waals surface area contributed by atoms with Gasteiger partial charge in [0.2, 0.25) is 0 Å². The third kappa shape index (κ3) is 10.8. The second-order valence-corrected chi connectivity index (χ2v) is 22.7. The fourth-order valence-electron chi connectivity index (χ4n) is 15.5. The van der Waals surface area contributed by atoms with Gasteiger partial charge in [-0.25, -0.2) is 0 Å². The Labute approximate surface area is 412 Å². The number of rotatable bonds is 17. The van der Waals surface area contributed by atoms with Gasteiger partial charge in [0.15, 0.2) is 17.3 Å².